The van der Waals surface area contributed by atoms with Crippen LogP contribution in [0.2, 0.25) is 5.02 Å². The Labute approximate surface area is 177 Å². The SMILES string of the molecule is CC(NC(=O)NNC(=O)c1ccc(COc2ccccc2)o1)c1ccc(F)c(Cl)c1. The van der Waals surface area contributed by atoms with Gasteiger partial charge < -0.3 is 14.5 Å². The molecule has 0 spiro atoms. The summed E-state index contributed by atoms with van der Waals surface area (Å²) in [6, 6.07) is 15.3. The number of ether oxygens (including phenoxy) is 1. The lowest BCUT2D eigenvalue weighted by molar-refractivity contribution is 0.0904. The lowest BCUT2D eigenvalue weighted by atomic mass is 10.1. The van der Waals surface area contributed by atoms with Gasteiger partial charge in [-0.25, -0.2) is 14.6 Å². The van der Waals surface area contributed by atoms with Gasteiger partial charge >= 0.3 is 11.9 Å². The number of benzene rings is 2. The molecule has 3 amide bonds. The molecule has 30 heavy (non-hydrogen) atoms. The van der Waals surface area contributed by atoms with Crippen molar-refractivity contribution >= 4 is 23.5 Å². The van der Waals surface area contributed by atoms with Crippen LogP contribution in [0.1, 0.15) is 34.8 Å². The molecule has 0 radical (unpaired) electrons. The Balaban J connectivity index is 1.46. The van der Waals surface area contributed by atoms with E-state index in [2.05, 4.69) is 16.2 Å². The van der Waals surface area contributed by atoms with Gasteiger partial charge in [-0.1, -0.05) is 35.9 Å². The zero-order valence-corrected chi connectivity index (χ0v) is 16.7. The molecule has 3 aromatic rings. The first kappa shape index (κ1) is 21.2. The minimum Gasteiger partial charge on any atom is -0.486 e. The minimum atomic E-state index is -0.657. The fraction of sp³-hybridized carbons (Fsp3) is 0.143. The van der Waals surface area contributed by atoms with Crippen LogP contribution in [-0.2, 0) is 6.61 Å². The van der Waals surface area contributed by atoms with Gasteiger partial charge in [-0.05, 0) is 48.9 Å². The molecule has 1 aromatic heterocycles. The number of rotatable bonds is 6. The summed E-state index contributed by atoms with van der Waals surface area (Å²) in [6.07, 6.45) is 0. The van der Waals surface area contributed by atoms with E-state index in [0.29, 0.717) is 17.1 Å². The van der Waals surface area contributed by atoms with E-state index in [9.17, 15) is 14.0 Å². The van der Waals surface area contributed by atoms with Gasteiger partial charge in [0.15, 0.2) is 5.76 Å². The van der Waals surface area contributed by atoms with Crippen LogP contribution in [-0.4, -0.2) is 11.9 Å². The summed E-state index contributed by atoms with van der Waals surface area (Å²) in [5.74, 6) is -0.0321. The number of furan rings is 1. The highest BCUT2D eigenvalue weighted by molar-refractivity contribution is 6.30. The highest BCUT2D eigenvalue weighted by Gasteiger charge is 2.15. The van der Waals surface area contributed by atoms with Crippen molar-refractivity contribution in [3.05, 3.63) is 88.6 Å². The third-order valence-corrected chi connectivity index (χ3v) is 4.38. The van der Waals surface area contributed by atoms with Gasteiger partial charge in [0.1, 0.15) is 23.9 Å². The van der Waals surface area contributed by atoms with Gasteiger partial charge in [-0.15, -0.1) is 0 Å². The number of nitrogens with one attached hydrogen (secondary N) is 3. The molecule has 3 rings (SSSR count). The van der Waals surface area contributed by atoms with Crippen LogP contribution in [0.4, 0.5) is 9.18 Å². The molecule has 1 heterocycles. The molecule has 0 aliphatic rings. The van der Waals surface area contributed by atoms with E-state index in [1.807, 2.05) is 18.2 Å². The lowest BCUT2D eigenvalue weighted by Crippen LogP contribution is -2.47. The molecule has 2 aromatic carbocycles. The fourth-order valence-corrected chi connectivity index (χ4v) is 2.71. The zero-order valence-electron chi connectivity index (χ0n) is 15.9. The van der Waals surface area contributed by atoms with Gasteiger partial charge in [0.2, 0.25) is 0 Å². The maximum absolute atomic E-state index is 13.2. The number of para-hydroxylation sites is 1. The zero-order chi connectivity index (χ0) is 21.5. The van der Waals surface area contributed by atoms with Crippen LogP contribution in [0.25, 0.3) is 0 Å². The first-order chi connectivity index (χ1) is 14.4. The predicted molar refractivity (Wildman–Crippen MR) is 108 cm³/mol. The van der Waals surface area contributed by atoms with Crippen molar-refractivity contribution in [2.45, 2.75) is 19.6 Å². The van der Waals surface area contributed by atoms with E-state index in [4.69, 9.17) is 20.8 Å². The van der Waals surface area contributed by atoms with Crippen molar-refractivity contribution in [3.8, 4) is 5.75 Å². The maximum atomic E-state index is 13.2. The Kier molecular flexibility index (Phi) is 6.92. The topological polar surface area (TPSA) is 92.6 Å². The standard InChI is InChI=1S/C21H19ClFN3O4/c1-13(14-7-9-18(23)17(22)11-14)24-21(28)26-25-20(27)19-10-8-16(30-19)12-29-15-5-3-2-4-6-15/h2-11,13H,12H2,1H3,(H,25,27)(H2,24,26,28). The predicted octanol–water partition coefficient (Wildman–Crippen LogP) is 4.36. The Hall–Kier alpha value is -3.52. The summed E-state index contributed by atoms with van der Waals surface area (Å²) in [5.41, 5.74) is 5.08. The normalized spacial score (nSPS) is 11.4. The molecule has 0 bridgehead atoms. The summed E-state index contributed by atoms with van der Waals surface area (Å²) in [4.78, 5) is 24.1. The third-order valence-electron chi connectivity index (χ3n) is 4.09. The van der Waals surface area contributed by atoms with Crippen molar-refractivity contribution in [2.75, 3.05) is 0 Å². The summed E-state index contributed by atoms with van der Waals surface area (Å²) in [6.45, 7) is 1.85. The van der Waals surface area contributed by atoms with Crippen molar-refractivity contribution < 1.29 is 23.1 Å². The summed E-state index contributed by atoms with van der Waals surface area (Å²) >= 11 is 5.74. The Bertz CT molecular complexity index is 1030. The van der Waals surface area contributed by atoms with Crippen LogP contribution in [0, 0.1) is 5.82 Å². The second kappa shape index (κ2) is 9.80. The molecule has 0 saturated heterocycles. The summed E-state index contributed by atoms with van der Waals surface area (Å²) in [5, 5.41) is 2.55. The number of hydrogen-bond acceptors (Lipinski definition) is 4. The van der Waals surface area contributed by atoms with Gasteiger partial charge in [0.05, 0.1) is 11.1 Å². The van der Waals surface area contributed by atoms with Crippen molar-refractivity contribution in [2.24, 2.45) is 0 Å². The third kappa shape index (κ3) is 5.74. The van der Waals surface area contributed by atoms with Crippen LogP contribution < -0.4 is 20.9 Å². The van der Waals surface area contributed by atoms with E-state index >= 15 is 0 Å². The highest BCUT2D eigenvalue weighted by Crippen LogP contribution is 2.20. The average Bonchev–Trinajstić information content (AvgIpc) is 3.22. The van der Waals surface area contributed by atoms with E-state index in [1.165, 1.54) is 24.3 Å². The van der Waals surface area contributed by atoms with Gasteiger partial charge in [-0.3, -0.25) is 10.2 Å². The molecule has 3 N–H and O–H groups in total. The number of urea groups is 1. The van der Waals surface area contributed by atoms with Gasteiger partial charge in [0, 0.05) is 0 Å². The number of hydrazine groups is 1. The summed E-state index contributed by atoms with van der Waals surface area (Å²) in [7, 11) is 0. The Morgan fingerprint density at radius 2 is 1.87 bits per heavy atom. The number of hydrogen-bond donors (Lipinski definition) is 3. The molecule has 0 aliphatic heterocycles. The number of carbonyl (C=O) groups is 2. The van der Waals surface area contributed by atoms with E-state index in [-0.39, 0.29) is 17.4 Å². The number of halogens is 2. The quantitative estimate of drug-likeness (QED) is 0.506. The van der Waals surface area contributed by atoms with Crippen molar-refractivity contribution in [1.82, 2.24) is 16.2 Å². The second-order valence-electron chi connectivity index (χ2n) is 6.32. The molecular weight excluding hydrogens is 413 g/mol. The molecule has 9 heteroatoms. The van der Waals surface area contributed by atoms with E-state index in [0.717, 1.165) is 0 Å². The average molecular weight is 432 g/mol. The largest absolute Gasteiger partial charge is 0.486 e. The highest BCUT2D eigenvalue weighted by atomic mass is 35.5. The fourth-order valence-electron chi connectivity index (χ4n) is 2.52. The van der Waals surface area contributed by atoms with E-state index < -0.39 is 23.8 Å². The first-order valence-corrected chi connectivity index (χ1v) is 9.38. The Morgan fingerprint density at radius 3 is 2.60 bits per heavy atom. The molecule has 0 saturated carbocycles. The van der Waals surface area contributed by atoms with Gasteiger partial charge in [0.25, 0.3) is 0 Å². The van der Waals surface area contributed by atoms with E-state index in [1.54, 1.807) is 25.1 Å². The summed E-state index contributed by atoms with van der Waals surface area (Å²) < 4.78 is 24.2. The molecule has 1 atom stereocenters. The maximum Gasteiger partial charge on any atom is 0.333 e. The van der Waals surface area contributed by atoms with Crippen LogP contribution >= 0.6 is 11.6 Å². The number of carbonyl (C=O) groups excluding carboxylic acids is 2. The lowest BCUT2D eigenvalue weighted by Gasteiger charge is -2.15. The molecule has 1 unspecified atom stereocenters. The second-order valence-corrected chi connectivity index (χ2v) is 6.72. The molecule has 0 fully saturated rings. The first-order valence-electron chi connectivity index (χ1n) is 9.00. The molecule has 0 aliphatic carbocycles. The molecular formula is C21H19ClFN3O4. The van der Waals surface area contributed by atoms with Gasteiger partial charge in [-0.2, -0.15) is 0 Å². The Morgan fingerprint density at radius 1 is 1.10 bits per heavy atom. The minimum absolute atomic E-state index is 0.0142. The number of amides is 3. The van der Waals surface area contributed by atoms with Crippen LogP contribution in [0.5, 0.6) is 5.75 Å². The van der Waals surface area contributed by atoms with Crippen LogP contribution in [0.15, 0.2) is 65.1 Å². The smallest absolute Gasteiger partial charge is 0.333 e. The monoisotopic (exact) mass is 431 g/mol. The van der Waals surface area contributed by atoms with Crippen LogP contribution in [0.3, 0.4) is 0 Å². The van der Waals surface area contributed by atoms with Crippen molar-refractivity contribution in [3.63, 3.8) is 0 Å². The molecule has 7 nitrogen and oxygen atoms in total. The molecule has 156 valence electrons. The van der Waals surface area contributed by atoms with Crippen molar-refractivity contribution in [1.29, 1.82) is 0 Å².